The lowest BCUT2D eigenvalue weighted by atomic mass is 9.80. The Hall–Kier alpha value is -2.80. The third kappa shape index (κ3) is 4.31. The van der Waals surface area contributed by atoms with E-state index in [9.17, 15) is 18.0 Å². The van der Waals surface area contributed by atoms with Crippen molar-refractivity contribution in [1.29, 1.82) is 0 Å². The van der Waals surface area contributed by atoms with Gasteiger partial charge in [-0.1, -0.05) is 17.7 Å². The maximum Gasteiger partial charge on any atom is 0.248 e. The van der Waals surface area contributed by atoms with Crippen LogP contribution in [0.3, 0.4) is 0 Å². The number of rotatable bonds is 5. The minimum Gasteiger partial charge on any atom is -0.381 e. The third-order valence-electron chi connectivity index (χ3n) is 4.78. The molecule has 1 aliphatic carbocycles. The lowest BCUT2D eigenvalue weighted by Crippen LogP contribution is -2.33. The topological polar surface area (TPSA) is 81.1 Å². The van der Waals surface area contributed by atoms with Crippen LogP contribution in [0.1, 0.15) is 34.7 Å². The SMILES string of the molecule is NC(=O)c1cccc(NCC2=CC[C@H](c3cc(F)c(F)cc3F)[C@@H](N)C2)c1. The van der Waals surface area contributed by atoms with E-state index in [0.717, 1.165) is 17.3 Å². The second-order valence-corrected chi connectivity index (χ2v) is 6.66. The summed E-state index contributed by atoms with van der Waals surface area (Å²) in [5.41, 5.74) is 13.7. The van der Waals surface area contributed by atoms with Crippen LogP contribution in [0.5, 0.6) is 0 Å². The van der Waals surface area contributed by atoms with Gasteiger partial charge in [-0.2, -0.15) is 0 Å². The molecule has 0 radical (unpaired) electrons. The molecule has 4 nitrogen and oxygen atoms in total. The van der Waals surface area contributed by atoms with Crippen molar-refractivity contribution >= 4 is 11.6 Å². The zero-order chi connectivity index (χ0) is 19.6. The molecule has 7 heteroatoms. The highest BCUT2D eigenvalue weighted by molar-refractivity contribution is 5.93. The van der Waals surface area contributed by atoms with Gasteiger partial charge in [0.25, 0.3) is 0 Å². The number of halogens is 3. The minimum absolute atomic E-state index is 0.0961. The normalized spacial score (nSPS) is 19.5. The van der Waals surface area contributed by atoms with Crippen LogP contribution in [0.15, 0.2) is 48.0 Å². The van der Waals surface area contributed by atoms with Gasteiger partial charge in [-0.05, 0) is 42.7 Å². The molecule has 27 heavy (non-hydrogen) atoms. The number of nitrogens with two attached hydrogens (primary N) is 2. The Bertz CT molecular complexity index is 898. The second kappa shape index (κ2) is 7.84. The fourth-order valence-electron chi connectivity index (χ4n) is 3.32. The van der Waals surface area contributed by atoms with Gasteiger partial charge in [-0.3, -0.25) is 4.79 Å². The van der Waals surface area contributed by atoms with Crippen molar-refractivity contribution in [2.45, 2.75) is 24.8 Å². The molecule has 1 aliphatic rings. The number of carbonyl (C=O) groups excluding carboxylic acids is 1. The number of benzene rings is 2. The van der Waals surface area contributed by atoms with E-state index in [1.165, 1.54) is 0 Å². The van der Waals surface area contributed by atoms with Crippen molar-refractivity contribution in [1.82, 2.24) is 0 Å². The molecule has 0 saturated heterocycles. The smallest absolute Gasteiger partial charge is 0.248 e. The summed E-state index contributed by atoms with van der Waals surface area (Å²) in [6.07, 6.45) is 2.85. The summed E-state index contributed by atoms with van der Waals surface area (Å²) in [7, 11) is 0. The molecule has 0 aromatic heterocycles. The average Bonchev–Trinajstić information content (AvgIpc) is 2.64. The van der Waals surface area contributed by atoms with Crippen LogP contribution >= 0.6 is 0 Å². The maximum atomic E-state index is 14.0. The molecule has 142 valence electrons. The molecule has 2 aromatic rings. The zero-order valence-corrected chi connectivity index (χ0v) is 14.5. The van der Waals surface area contributed by atoms with Crippen LogP contribution in [0.25, 0.3) is 0 Å². The molecule has 5 N–H and O–H groups in total. The second-order valence-electron chi connectivity index (χ2n) is 6.66. The Labute approximate surface area is 155 Å². The molecule has 0 fully saturated rings. The van der Waals surface area contributed by atoms with Crippen LogP contribution < -0.4 is 16.8 Å². The number of hydrogen-bond donors (Lipinski definition) is 3. The van der Waals surface area contributed by atoms with Gasteiger partial charge in [0.05, 0.1) is 0 Å². The van der Waals surface area contributed by atoms with E-state index in [-0.39, 0.29) is 5.56 Å². The number of carbonyl (C=O) groups is 1. The van der Waals surface area contributed by atoms with Crippen LogP contribution in [0.2, 0.25) is 0 Å². The van der Waals surface area contributed by atoms with E-state index >= 15 is 0 Å². The Morgan fingerprint density at radius 1 is 1.11 bits per heavy atom. The summed E-state index contributed by atoms with van der Waals surface area (Å²) in [4.78, 5) is 11.2. The summed E-state index contributed by atoms with van der Waals surface area (Å²) >= 11 is 0. The molecule has 0 saturated carbocycles. The molecule has 0 aliphatic heterocycles. The Balaban J connectivity index is 1.68. The summed E-state index contributed by atoms with van der Waals surface area (Å²) in [5.74, 6) is -3.99. The van der Waals surface area contributed by atoms with E-state index in [4.69, 9.17) is 11.5 Å². The Morgan fingerprint density at radius 2 is 1.85 bits per heavy atom. The van der Waals surface area contributed by atoms with E-state index < -0.39 is 35.3 Å². The lowest BCUT2D eigenvalue weighted by Gasteiger charge is -2.29. The molecule has 2 atom stereocenters. The molecule has 2 aromatic carbocycles. The third-order valence-corrected chi connectivity index (χ3v) is 4.78. The summed E-state index contributed by atoms with van der Waals surface area (Å²) < 4.78 is 40.6. The monoisotopic (exact) mass is 375 g/mol. The van der Waals surface area contributed by atoms with Gasteiger partial charge in [0.2, 0.25) is 5.91 Å². The summed E-state index contributed by atoms with van der Waals surface area (Å²) in [6.45, 7) is 0.503. The number of primary amides is 1. The number of anilines is 1. The van der Waals surface area contributed by atoms with Crippen LogP contribution in [0.4, 0.5) is 18.9 Å². The quantitative estimate of drug-likeness (QED) is 0.553. The van der Waals surface area contributed by atoms with Crippen LogP contribution in [0, 0.1) is 17.5 Å². The molecule has 0 unspecified atom stereocenters. The highest BCUT2D eigenvalue weighted by Crippen LogP contribution is 2.33. The standard InChI is InChI=1S/C20H20F3N3O/c21-16-9-18(23)17(22)8-15(16)14-5-4-11(6-19(14)24)10-26-13-3-1-2-12(7-13)20(25)27/h1-4,7-9,14,19,26H,5-6,10,24H2,(H2,25,27)/t14-,19+/m1/s1. The van der Waals surface area contributed by atoms with Gasteiger partial charge in [0.1, 0.15) is 5.82 Å². The fraction of sp³-hybridized carbons (Fsp3) is 0.250. The van der Waals surface area contributed by atoms with Crippen molar-refractivity contribution in [3.63, 3.8) is 0 Å². The van der Waals surface area contributed by atoms with Crippen molar-refractivity contribution in [3.05, 3.63) is 76.6 Å². The minimum atomic E-state index is -1.21. The number of nitrogens with one attached hydrogen (secondary N) is 1. The van der Waals surface area contributed by atoms with Crippen LogP contribution in [-0.4, -0.2) is 18.5 Å². The van der Waals surface area contributed by atoms with E-state index in [0.29, 0.717) is 31.0 Å². The molecular weight excluding hydrogens is 355 g/mol. The summed E-state index contributed by atoms with van der Waals surface area (Å²) in [5, 5.41) is 3.20. The van der Waals surface area contributed by atoms with E-state index in [1.54, 1.807) is 18.2 Å². The number of hydrogen-bond acceptors (Lipinski definition) is 3. The van der Waals surface area contributed by atoms with E-state index in [2.05, 4.69) is 5.32 Å². The van der Waals surface area contributed by atoms with Gasteiger partial charge in [0.15, 0.2) is 11.6 Å². The fourth-order valence-corrected chi connectivity index (χ4v) is 3.32. The Morgan fingerprint density at radius 3 is 2.56 bits per heavy atom. The predicted molar refractivity (Wildman–Crippen MR) is 97.8 cm³/mol. The van der Waals surface area contributed by atoms with Gasteiger partial charge < -0.3 is 16.8 Å². The highest BCUT2D eigenvalue weighted by Gasteiger charge is 2.27. The first-order valence-electron chi connectivity index (χ1n) is 8.57. The molecule has 0 spiro atoms. The first-order valence-corrected chi connectivity index (χ1v) is 8.57. The lowest BCUT2D eigenvalue weighted by molar-refractivity contribution is 0.100. The number of amides is 1. The van der Waals surface area contributed by atoms with Crippen molar-refractivity contribution in [3.8, 4) is 0 Å². The molecule has 1 amide bonds. The maximum absolute atomic E-state index is 14.0. The Kier molecular flexibility index (Phi) is 5.51. The van der Waals surface area contributed by atoms with E-state index in [1.807, 2.05) is 12.1 Å². The first-order chi connectivity index (χ1) is 12.8. The predicted octanol–water partition coefficient (Wildman–Crippen LogP) is 3.45. The van der Waals surface area contributed by atoms with Gasteiger partial charge >= 0.3 is 0 Å². The molecule has 0 heterocycles. The largest absolute Gasteiger partial charge is 0.381 e. The van der Waals surface area contributed by atoms with Crippen LogP contribution in [-0.2, 0) is 0 Å². The first kappa shape index (κ1) is 19.0. The van der Waals surface area contributed by atoms with Gasteiger partial charge in [-0.15, -0.1) is 0 Å². The average molecular weight is 375 g/mol. The van der Waals surface area contributed by atoms with Gasteiger partial charge in [-0.25, -0.2) is 13.2 Å². The highest BCUT2D eigenvalue weighted by atomic mass is 19.2. The van der Waals surface area contributed by atoms with Gasteiger partial charge in [0, 0.05) is 35.8 Å². The van der Waals surface area contributed by atoms with Crippen molar-refractivity contribution in [2.24, 2.45) is 11.5 Å². The van der Waals surface area contributed by atoms with Crippen molar-refractivity contribution in [2.75, 3.05) is 11.9 Å². The number of allylic oxidation sites excluding steroid dienone is 1. The van der Waals surface area contributed by atoms with Crippen molar-refractivity contribution < 1.29 is 18.0 Å². The molecule has 3 rings (SSSR count). The molecular formula is C20H20F3N3O. The molecule has 0 bridgehead atoms. The summed E-state index contributed by atoms with van der Waals surface area (Å²) in [6, 6.07) is 7.87. The zero-order valence-electron chi connectivity index (χ0n) is 14.5.